The summed E-state index contributed by atoms with van der Waals surface area (Å²) >= 11 is 0. The molecule has 0 radical (unpaired) electrons. The van der Waals surface area contributed by atoms with Gasteiger partial charge in [0, 0.05) is 12.6 Å². The first kappa shape index (κ1) is 17.8. The van der Waals surface area contributed by atoms with Gasteiger partial charge in [0.05, 0.1) is 19.8 Å². The number of halogens is 2. The topological polar surface area (TPSA) is 50.7 Å². The maximum absolute atomic E-state index is 12.0. The fourth-order valence-corrected chi connectivity index (χ4v) is 1.87. The van der Waals surface area contributed by atoms with Crippen molar-refractivity contribution in [2.45, 2.75) is 32.4 Å². The molecule has 1 aromatic rings. The van der Waals surface area contributed by atoms with E-state index in [-0.39, 0.29) is 12.4 Å². The molecule has 0 bridgehead atoms. The van der Waals surface area contributed by atoms with Gasteiger partial charge in [-0.2, -0.15) is 8.78 Å². The Labute approximate surface area is 124 Å². The standard InChI is InChI=1S/C15H23F2NO3/c1-12(18-8-10-20-11-9-19)2-3-13-4-6-14(7-5-13)21-15(16)17/h4-7,12,15,18-19H,2-3,8-11H2,1H3. The lowest BCUT2D eigenvalue weighted by atomic mass is 10.1. The Morgan fingerprint density at radius 2 is 1.90 bits per heavy atom. The summed E-state index contributed by atoms with van der Waals surface area (Å²) in [5.41, 5.74) is 1.08. The fraction of sp³-hybridized carbons (Fsp3) is 0.600. The van der Waals surface area contributed by atoms with E-state index in [0.717, 1.165) is 24.9 Å². The number of rotatable bonds is 11. The van der Waals surface area contributed by atoms with Crippen molar-refractivity contribution in [1.82, 2.24) is 5.32 Å². The van der Waals surface area contributed by atoms with Crippen LogP contribution in [-0.2, 0) is 11.2 Å². The molecule has 0 spiro atoms. The molecule has 0 saturated carbocycles. The number of aryl methyl sites for hydroxylation is 1. The Bertz CT molecular complexity index is 374. The number of hydrogen-bond donors (Lipinski definition) is 2. The van der Waals surface area contributed by atoms with Gasteiger partial charge in [0.25, 0.3) is 0 Å². The molecular weight excluding hydrogens is 280 g/mol. The lowest BCUT2D eigenvalue weighted by molar-refractivity contribution is -0.0498. The Morgan fingerprint density at radius 3 is 2.52 bits per heavy atom. The van der Waals surface area contributed by atoms with Crippen molar-refractivity contribution in [2.24, 2.45) is 0 Å². The predicted molar refractivity (Wildman–Crippen MR) is 76.8 cm³/mol. The molecule has 1 unspecified atom stereocenters. The minimum Gasteiger partial charge on any atom is -0.435 e. The van der Waals surface area contributed by atoms with Gasteiger partial charge in [0.15, 0.2) is 0 Å². The maximum Gasteiger partial charge on any atom is 0.387 e. The molecule has 0 aliphatic rings. The van der Waals surface area contributed by atoms with Crippen LogP contribution in [0, 0.1) is 0 Å². The number of nitrogens with one attached hydrogen (secondary N) is 1. The Hall–Kier alpha value is -1.24. The van der Waals surface area contributed by atoms with Crippen LogP contribution in [0.5, 0.6) is 5.75 Å². The molecule has 1 rings (SSSR count). The molecule has 1 atom stereocenters. The highest BCUT2D eigenvalue weighted by molar-refractivity contribution is 5.27. The van der Waals surface area contributed by atoms with Crippen LogP contribution in [0.25, 0.3) is 0 Å². The summed E-state index contributed by atoms with van der Waals surface area (Å²) in [6, 6.07) is 7.05. The van der Waals surface area contributed by atoms with Crippen molar-refractivity contribution in [3.8, 4) is 5.75 Å². The third-order valence-corrected chi connectivity index (χ3v) is 2.99. The molecule has 2 N–H and O–H groups in total. The molecule has 0 saturated heterocycles. The zero-order valence-electron chi connectivity index (χ0n) is 12.2. The molecular formula is C15H23F2NO3. The largest absolute Gasteiger partial charge is 0.435 e. The second-order valence-corrected chi connectivity index (χ2v) is 4.75. The van der Waals surface area contributed by atoms with Gasteiger partial charge in [0.2, 0.25) is 0 Å². The summed E-state index contributed by atoms with van der Waals surface area (Å²) in [5, 5.41) is 11.9. The maximum atomic E-state index is 12.0. The molecule has 1 aromatic carbocycles. The first-order chi connectivity index (χ1) is 10.1. The van der Waals surface area contributed by atoms with Gasteiger partial charge in [-0.1, -0.05) is 12.1 Å². The summed E-state index contributed by atoms with van der Waals surface area (Å²) in [4.78, 5) is 0. The molecule has 6 heteroatoms. The van der Waals surface area contributed by atoms with Crippen molar-refractivity contribution in [3.05, 3.63) is 29.8 Å². The van der Waals surface area contributed by atoms with Gasteiger partial charge in [-0.15, -0.1) is 0 Å². The predicted octanol–water partition coefficient (Wildman–Crippen LogP) is 2.21. The van der Waals surface area contributed by atoms with Crippen LogP contribution in [0.3, 0.4) is 0 Å². The second-order valence-electron chi connectivity index (χ2n) is 4.75. The van der Waals surface area contributed by atoms with E-state index in [1.165, 1.54) is 0 Å². The molecule has 4 nitrogen and oxygen atoms in total. The van der Waals surface area contributed by atoms with E-state index in [9.17, 15) is 8.78 Å². The highest BCUT2D eigenvalue weighted by atomic mass is 19.3. The van der Waals surface area contributed by atoms with Gasteiger partial charge >= 0.3 is 6.61 Å². The van der Waals surface area contributed by atoms with Crippen LogP contribution in [0.15, 0.2) is 24.3 Å². The molecule has 0 aromatic heterocycles. The van der Waals surface area contributed by atoms with Crippen molar-refractivity contribution < 1.29 is 23.4 Å². The average molecular weight is 303 g/mol. The number of hydrogen-bond acceptors (Lipinski definition) is 4. The third kappa shape index (κ3) is 8.60. The van der Waals surface area contributed by atoms with Crippen LogP contribution >= 0.6 is 0 Å². The van der Waals surface area contributed by atoms with Crippen molar-refractivity contribution in [3.63, 3.8) is 0 Å². The van der Waals surface area contributed by atoms with Crippen LogP contribution in [0.4, 0.5) is 8.78 Å². The van der Waals surface area contributed by atoms with E-state index < -0.39 is 6.61 Å². The van der Waals surface area contributed by atoms with Gasteiger partial charge in [-0.3, -0.25) is 0 Å². The molecule has 120 valence electrons. The Kier molecular flexibility index (Phi) is 8.89. The average Bonchev–Trinajstić information content (AvgIpc) is 2.46. The van der Waals surface area contributed by atoms with Crippen LogP contribution in [0.1, 0.15) is 18.9 Å². The number of alkyl halides is 2. The van der Waals surface area contributed by atoms with Gasteiger partial charge in [-0.25, -0.2) is 0 Å². The number of ether oxygens (including phenoxy) is 2. The van der Waals surface area contributed by atoms with Crippen molar-refractivity contribution in [1.29, 1.82) is 0 Å². The summed E-state index contributed by atoms with van der Waals surface area (Å²) < 4.78 is 33.5. The van der Waals surface area contributed by atoms with Crippen molar-refractivity contribution >= 4 is 0 Å². The number of aliphatic hydroxyl groups is 1. The first-order valence-electron chi connectivity index (χ1n) is 7.07. The van der Waals surface area contributed by atoms with Gasteiger partial charge < -0.3 is 19.9 Å². The van der Waals surface area contributed by atoms with Crippen LogP contribution in [-0.4, -0.2) is 44.1 Å². The van der Waals surface area contributed by atoms with Gasteiger partial charge in [0.1, 0.15) is 5.75 Å². The second kappa shape index (κ2) is 10.5. The van der Waals surface area contributed by atoms with E-state index >= 15 is 0 Å². The van der Waals surface area contributed by atoms with E-state index in [0.29, 0.717) is 19.3 Å². The van der Waals surface area contributed by atoms with Crippen LogP contribution < -0.4 is 10.1 Å². The SMILES string of the molecule is CC(CCc1ccc(OC(F)F)cc1)NCCOCCO. The highest BCUT2D eigenvalue weighted by Gasteiger charge is 2.05. The summed E-state index contributed by atoms with van der Waals surface area (Å²) in [7, 11) is 0. The minimum absolute atomic E-state index is 0.0425. The van der Waals surface area contributed by atoms with Crippen LogP contribution in [0.2, 0.25) is 0 Å². The quantitative estimate of drug-likeness (QED) is 0.615. The first-order valence-corrected chi connectivity index (χ1v) is 7.07. The molecule has 0 heterocycles. The Balaban J connectivity index is 2.18. The monoisotopic (exact) mass is 303 g/mol. The zero-order chi connectivity index (χ0) is 15.5. The molecule has 21 heavy (non-hydrogen) atoms. The fourth-order valence-electron chi connectivity index (χ4n) is 1.87. The molecule has 0 aliphatic carbocycles. The minimum atomic E-state index is -2.78. The highest BCUT2D eigenvalue weighted by Crippen LogP contribution is 2.16. The Morgan fingerprint density at radius 1 is 1.19 bits per heavy atom. The number of aliphatic hydroxyl groups excluding tert-OH is 1. The molecule has 0 amide bonds. The van der Waals surface area contributed by atoms with Crippen molar-refractivity contribution in [2.75, 3.05) is 26.4 Å². The van der Waals surface area contributed by atoms with E-state index in [1.807, 2.05) is 0 Å². The van der Waals surface area contributed by atoms with E-state index in [1.54, 1.807) is 24.3 Å². The zero-order valence-corrected chi connectivity index (χ0v) is 12.2. The lowest BCUT2D eigenvalue weighted by Gasteiger charge is -2.14. The van der Waals surface area contributed by atoms with Gasteiger partial charge in [-0.05, 0) is 37.5 Å². The number of benzene rings is 1. The summed E-state index contributed by atoms with van der Waals surface area (Å²) in [5.74, 6) is 0.181. The smallest absolute Gasteiger partial charge is 0.387 e. The third-order valence-electron chi connectivity index (χ3n) is 2.99. The summed E-state index contributed by atoms with van der Waals surface area (Å²) in [6.45, 7) is 1.02. The van der Waals surface area contributed by atoms with E-state index in [2.05, 4.69) is 17.0 Å². The lowest BCUT2D eigenvalue weighted by Crippen LogP contribution is -2.30. The summed E-state index contributed by atoms with van der Waals surface area (Å²) in [6.07, 6.45) is 1.80. The molecule has 0 aliphatic heterocycles. The molecule has 0 fully saturated rings. The normalized spacial score (nSPS) is 12.6. The van der Waals surface area contributed by atoms with E-state index in [4.69, 9.17) is 9.84 Å².